The molecule has 1 unspecified atom stereocenters. The van der Waals surface area contributed by atoms with Crippen LogP contribution < -0.4 is 5.69 Å². The molecule has 1 N–H and O–H groups in total. The molecule has 1 fully saturated rings. The van der Waals surface area contributed by atoms with Gasteiger partial charge >= 0.3 is 11.7 Å². The smallest absolute Gasteiger partial charge is 0.343 e. The molecule has 1 aromatic heterocycles. The molecular weight excluding hydrogens is 343 g/mol. The van der Waals surface area contributed by atoms with Gasteiger partial charge in [0.05, 0.1) is 12.7 Å². The highest BCUT2D eigenvalue weighted by Gasteiger charge is 2.29. The van der Waals surface area contributed by atoms with E-state index >= 15 is 0 Å². The van der Waals surface area contributed by atoms with E-state index in [0.29, 0.717) is 19.5 Å². The van der Waals surface area contributed by atoms with E-state index in [4.69, 9.17) is 0 Å². The molecule has 2 aromatic rings. The Labute approximate surface area is 148 Å². The highest BCUT2D eigenvalue weighted by molar-refractivity contribution is 5.90. The highest BCUT2D eigenvalue weighted by Crippen LogP contribution is 2.23. The number of amides is 1. The largest absolute Gasteiger partial charge is 0.465 e. The Bertz CT molecular complexity index is 904. The van der Waals surface area contributed by atoms with Crippen LogP contribution in [-0.4, -0.2) is 51.7 Å². The summed E-state index contributed by atoms with van der Waals surface area (Å²) in [4.78, 5) is 39.5. The summed E-state index contributed by atoms with van der Waals surface area (Å²) in [6, 6.07) is 4.36. The number of aromatic amines is 1. The number of aromatic nitrogens is 3. The number of benzene rings is 1. The number of carbonyl (C=O) groups excluding carboxylic acids is 2. The minimum Gasteiger partial charge on any atom is -0.465 e. The molecule has 8 nitrogen and oxygen atoms in total. The van der Waals surface area contributed by atoms with Gasteiger partial charge in [-0.3, -0.25) is 9.78 Å². The molecule has 1 aliphatic heterocycles. The molecule has 26 heavy (non-hydrogen) atoms. The van der Waals surface area contributed by atoms with Crippen molar-refractivity contribution in [1.82, 2.24) is 19.7 Å². The second-order valence-corrected chi connectivity index (χ2v) is 6.32. The molecule has 0 bridgehead atoms. The van der Waals surface area contributed by atoms with Gasteiger partial charge in [0.25, 0.3) is 5.91 Å². The number of rotatable bonds is 4. The number of nitrogens with one attached hydrogen (secondary N) is 1. The van der Waals surface area contributed by atoms with Gasteiger partial charge in [0, 0.05) is 20.1 Å². The van der Waals surface area contributed by atoms with Crippen molar-refractivity contribution in [2.75, 3.05) is 20.2 Å². The van der Waals surface area contributed by atoms with Crippen molar-refractivity contribution >= 4 is 11.9 Å². The van der Waals surface area contributed by atoms with Gasteiger partial charge in [-0.05, 0) is 36.5 Å². The fourth-order valence-corrected chi connectivity index (χ4v) is 3.13. The molecule has 0 spiro atoms. The highest BCUT2D eigenvalue weighted by atomic mass is 19.1. The molecule has 1 atom stereocenters. The molecule has 2 heterocycles. The number of aryl methyl sites for hydroxylation is 1. The third-order valence-electron chi connectivity index (χ3n) is 4.51. The van der Waals surface area contributed by atoms with Gasteiger partial charge in [-0.25, -0.2) is 18.7 Å². The lowest BCUT2D eigenvalue weighted by Crippen LogP contribution is -2.30. The van der Waals surface area contributed by atoms with Crippen LogP contribution in [0.25, 0.3) is 0 Å². The number of methoxy groups -OCH3 is 1. The van der Waals surface area contributed by atoms with Crippen molar-refractivity contribution in [3.8, 4) is 0 Å². The second-order valence-electron chi connectivity index (χ2n) is 6.32. The molecule has 1 saturated heterocycles. The average Bonchev–Trinajstić information content (AvgIpc) is 3.22. The van der Waals surface area contributed by atoms with Crippen LogP contribution in [0.3, 0.4) is 0 Å². The van der Waals surface area contributed by atoms with Crippen LogP contribution in [0.15, 0.2) is 23.0 Å². The molecule has 0 saturated carbocycles. The summed E-state index contributed by atoms with van der Waals surface area (Å²) in [6.45, 7) is 1.05. The number of carbonyl (C=O) groups is 2. The Balaban J connectivity index is 1.67. The third kappa shape index (κ3) is 3.51. The Morgan fingerprint density at radius 1 is 1.42 bits per heavy atom. The number of hydrogen-bond acceptors (Lipinski definition) is 5. The lowest BCUT2D eigenvalue weighted by molar-refractivity contribution is 0.0595. The average molecular weight is 362 g/mol. The first-order valence-corrected chi connectivity index (χ1v) is 8.18. The molecule has 1 amide bonds. The van der Waals surface area contributed by atoms with Crippen molar-refractivity contribution in [2.45, 2.75) is 12.8 Å². The standard InChI is InChI=1S/C17H19FN4O4/c1-21-17(25)19-14(20-21)15(23)22-6-5-11(9-22)7-10-3-4-13(18)12(8-10)16(24)26-2/h3-4,8,11H,5-7,9H2,1-2H3,(H,19,20,25). The summed E-state index contributed by atoms with van der Waals surface area (Å²) < 4.78 is 19.4. The zero-order valence-electron chi connectivity index (χ0n) is 14.5. The molecule has 9 heteroatoms. The summed E-state index contributed by atoms with van der Waals surface area (Å²) in [7, 11) is 2.67. The maximum Gasteiger partial charge on any atom is 0.343 e. The van der Waals surface area contributed by atoms with Crippen molar-refractivity contribution in [3.05, 3.63) is 51.5 Å². The zero-order chi connectivity index (χ0) is 18.8. The Morgan fingerprint density at radius 3 is 2.85 bits per heavy atom. The van der Waals surface area contributed by atoms with Crippen LogP contribution >= 0.6 is 0 Å². The number of halogens is 1. The lowest BCUT2D eigenvalue weighted by atomic mass is 9.97. The minimum absolute atomic E-state index is 0.0212. The van der Waals surface area contributed by atoms with E-state index in [2.05, 4.69) is 14.8 Å². The van der Waals surface area contributed by atoms with E-state index in [9.17, 15) is 18.8 Å². The lowest BCUT2D eigenvalue weighted by Gasteiger charge is -2.15. The van der Waals surface area contributed by atoms with Crippen molar-refractivity contribution in [3.63, 3.8) is 0 Å². The van der Waals surface area contributed by atoms with E-state index in [1.54, 1.807) is 11.0 Å². The van der Waals surface area contributed by atoms with Gasteiger partial charge in [-0.2, -0.15) is 0 Å². The quantitative estimate of drug-likeness (QED) is 0.809. The molecular formula is C17H19FN4O4. The van der Waals surface area contributed by atoms with Crippen LogP contribution in [0, 0.1) is 11.7 Å². The van der Waals surface area contributed by atoms with Crippen LogP contribution in [0.1, 0.15) is 33.0 Å². The molecule has 0 aliphatic carbocycles. The second kappa shape index (κ2) is 7.11. The molecule has 138 valence electrons. The molecule has 0 radical (unpaired) electrons. The van der Waals surface area contributed by atoms with E-state index in [1.807, 2.05) is 0 Å². The van der Waals surface area contributed by atoms with Crippen LogP contribution in [0.2, 0.25) is 0 Å². The number of nitrogens with zero attached hydrogens (tertiary/aromatic N) is 3. The third-order valence-corrected chi connectivity index (χ3v) is 4.51. The topological polar surface area (TPSA) is 97.3 Å². The fourth-order valence-electron chi connectivity index (χ4n) is 3.13. The number of likely N-dealkylation sites (tertiary alicyclic amines) is 1. The first-order valence-electron chi connectivity index (χ1n) is 8.18. The van der Waals surface area contributed by atoms with Crippen molar-refractivity contribution in [2.24, 2.45) is 13.0 Å². The zero-order valence-corrected chi connectivity index (χ0v) is 14.5. The Morgan fingerprint density at radius 2 is 2.19 bits per heavy atom. The first-order chi connectivity index (χ1) is 12.4. The number of esters is 1. The number of hydrogen-bond donors (Lipinski definition) is 1. The molecule has 1 aliphatic rings. The molecule has 3 rings (SSSR count). The predicted octanol–water partition coefficient (Wildman–Crippen LogP) is 0.739. The normalized spacial score (nSPS) is 16.7. The van der Waals surface area contributed by atoms with Gasteiger partial charge in [0.1, 0.15) is 5.82 Å². The van der Waals surface area contributed by atoms with E-state index in [0.717, 1.165) is 16.7 Å². The minimum atomic E-state index is -0.716. The summed E-state index contributed by atoms with van der Waals surface area (Å²) in [5.41, 5.74) is 0.269. The SMILES string of the molecule is COC(=O)c1cc(CC2CCN(C(=O)c3nn(C)c(=O)[nH]3)C2)ccc1F. The summed E-state index contributed by atoms with van der Waals surface area (Å²) in [5.74, 6) is -1.47. The number of ether oxygens (including phenoxy) is 1. The summed E-state index contributed by atoms with van der Waals surface area (Å²) in [6.07, 6.45) is 1.38. The Hall–Kier alpha value is -2.97. The van der Waals surface area contributed by atoms with Gasteiger partial charge in [-0.1, -0.05) is 6.07 Å². The van der Waals surface area contributed by atoms with Crippen LogP contribution in [-0.2, 0) is 18.2 Å². The van der Waals surface area contributed by atoms with E-state index < -0.39 is 17.5 Å². The number of H-pyrrole nitrogens is 1. The van der Waals surface area contributed by atoms with Crippen molar-refractivity contribution < 1.29 is 18.7 Å². The van der Waals surface area contributed by atoms with Gasteiger partial charge in [0.2, 0.25) is 5.82 Å². The maximum absolute atomic E-state index is 13.7. The summed E-state index contributed by atoms with van der Waals surface area (Å²) in [5, 5.41) is 3.88. The van der Waals surface area contributed by atoms with Gasteiger partial charge in [0.15, 0.2) is 0 Å². The van der Waals surface area contributed by atoms with Gasteiger partial charge < -0.3 is 9.64 Å². The monoisotopic (exact) mass is 362 g/mol. The Kier molecular flexibility index (Phi) is 4.88. The maximum atomic E-state index is 13.7. The predicted molar refractivity (Wildman–Crippen MR) is 89.3 cm³/mol. The van der Waals surface area contributed by atoms with Gasteiger partial charge in [-0.15, -0.1) is 5.10 Å². The van der Waals surface area contributed by atoms with Crippen LogP contribution in [0.5, 0.6) is 0 Å². The van der Waals surface area contributed by atoms with Crippen molar-refractivity contribution in [1.29, 1.82) is 0 Å². The first kappa shape index (κ1) is 17.8. The fraction of sp³-hybridized carbons (Fsp3) is 0.412. The van der Waals surface area contributed by atoms with Crippen LogP contribution in [0.4, 0.5) is 4.39 Å². The van der Waals surface area contributed by atoms with E-state index in [1.165, 1.54) is 26.3 Å². The van der Waals surface area contributed by atoms with E-state index in [-0.39, 0.29) is 23.2 Å². The summed E-state index contributed by atoms with van der Waals surface area (Å²) >= 11 is 0. The molecule has 1 aromatic carbocycles.